The molecule has 1 heterocycles. The van der Waals surface area contributed by atoms with E-state index in [0.717, 1.165) is 19.6 Å². The molecule has 1 unspecified atom stereocenters. The van der Waals surface area contributed by atoms with Gasteiger partial charge in [-0.3, -0.25) is 0 Å². The quantitative estimate of drug-likeness (QED) is 0.264. The van der Waals surface area contributed by atoms with Gasteiger partial charge < -0.3 is 65.8 Å². The first-order valence-corrected chi connectivity index (χ1v) is 5.65. The molecule has 0 spiro atoms. The van der Waals surface area contributed by atoms with E-state index in [9.17, 15) is 0 Å². The van der Waals surface area contributed by atoms with Crippen molar-refractivity contribution in [2.75, 3.05) is 19.6 Å². The molecule has 0 aliphatic carbocycles. The van der Waals surface area contributed by atoms with E-state index < -0.39 is 0 Å². The van der Waals surface area contributed by atoms with E-state index in [1.807, 2.05) is 5.01 Å². The van der Waals surface area contributed by atoms with Crippen LogP contribution in [-0.4, -0.2) is 39.5 Å². The predicted octanol–water partition coefficient (Wildman–Crippen LogP) is -7.02. The van der Waals surface area contributed by atoms with E-state index in [2.05, 4.69) is 16.1 Å². The van der Waals surface area contributed by atoms with Gasteiger partial charge in [-0.05, 0) is 4.32 Å². The Bertz CT molecular complexity index is 219. The van der Waals surface area contributed by atoms with Gasteiger partial charge >= 0.3 is 59.1 Å². The number of hydrazine groups is 1. The summed E-state index contributed by atoms with van der Waals surface area (Å²) in [5.41, 5.74) is 2.91. The van der Waals surface area contributed by atoms with Crippen molar-refractivity contribution in [1.29, 1.82) is 0 Å². The molecule has 80 valence electrons. The summed E-state index contributed by atoms with van der Waals surface area (Å²) >= 11 is 19.2. The molecule has 0 aromatic heterocycles. The first kappa shape index (κ1) is 20.5. The largest absolute Gasteiger partial charge is 1.00 e. The minimum absolute atomic E-state index is 0. The predicted molar refractivity (Wildman–Crippen MR) is 69.6 cm³/mol. The Morgan fingerprint density at radius 1 is 1.25 bits per heavy atom. The van der Waals surface area contributed by atoms with Gasteiger partial charge in [0.1, 0.15) is 6.17 Å². The molecule has 1 aliphatic rings. The Hall–Kier alpha value is 2.14. The number of thiocarbonyl (C=S) groups is 2. The summed E-state index contributed by atoms with van der Waals surface area (Å²) < 4.78 is 0.676. The molecule has 1 rings (SSSR count). The summed E-state index contributed by atoms with van der Waals surface area (Å²) in [6.45, 7) is 2.43. The number of nitrogens with zero attached hydrogens (tertiary/aromatic N) is 1. The molecule has 0 aromatic carbocycles. The third-order valence-electron chi connectivity index (χ3n) is 1.76. The van der Waals surface area contributed by atoms with Crippen LogP contribution in [0.3, 0.4) is 0 Å². The Balaban J connectivity index is 0. The van der Waals surface area contributed by atoms with Crippen LogP contribution in [-0.2, 0) is 25.3 Å². The fourth-order valence-corrected chi connectivity index (χ4v) is 1.73. The molecule has 1 aliphatic heterocycles. The Morgan fingerprint density at radius 2 is 1.88 bits per heavy atom. The zero-order chi connectivity index (χ0) is 10.6. The van der Waals surface area contributed by atoms with Gasteiger partial charge in [0.25, 0.3) is 0 Å². The van der Waals surface area contributed by atoms with E-state index in [0.29, 0.717) is 8.64 Å². The van der Waals surface area contributed by atoms with E-state index in [1.165, 1.54) is 0 Å². The van der Waals surface area contributed by atoms with Crippen LogP contribution in [0.5, 0.6) is 0 Å². The molecule has 0 saturated carbocycles. The minimum Gasteiger partial charge on any atom is -0.412 e. The first-order chi connectivity index (χ1) is 6.59. The summed E-state index contributed by atoms with van der Waals surface area (Å²) in [6, 6.07) is 0. The normalized spacial score (nSPS) is 19.9. The molecule has 0 bridgehead atoms. The third-order valence-corrected chi connectivity index (χ3v) is 2.18. The van der Waals surface area contributed by atoms with Gasteiger partial charge in [0.05, 0.1) is 0 Å². The van der Waals surface area contributed by atoms with Crippen LogP contribution in [0.4, 0.5) is 0 Å². The molecule has 10 heteroatoms. The van der Waals surface area contributed by atoms with Gasteiger partial charge in [-0.1, -0.05) is 4.32 Å². The van der Waals surface area contributed by atoms with Crippen molar-refractivity contribution in [2.45, 2.75) is 6.17 Å². The van der Waals surface area contributed by atoms with Crippen LogP contribution in [0.25, 0.3) is 0 Å². The number of piperazine rings is 1. The zero-order valence-electron chi connectivity index (χ0n) is 9.28. The standard InChI is InChI=1S/C6H12N4S4.2Na/c11-5(12)8-4-3-7-1-2-10(4)9-6(13)14;;/h4,7H,1-3H2,(H2,8,11,12)(H2,9,13,14);;/q;2*+1/p-2. The molecule has 1 fully saturated rings. The smallest absolute Gasteiger partial charge is 0.412 e. The fraction of sp³-hybridized carbons (Fsp3) is 0.667. The molecular formula is C6H10N4Na2S4. The maximum Gasteiger partial charge on any atom is 1.00 e. The molecule has 3 N–H and O–H groups in total. The summed E-state index contributed by atoms with van der Waals surface area (Å²) in [7, 11) is 0. The van der Waals surface area contributed by atoms with E-state index in [-0.39, 0.29) is 65.3 Å². The Morgan fingerprint density at radius 3 is 2.38 bits per heavy atom. The van der Waals surface area contributed by atoms with Crippen molar-refractivity contribution in [3.8, 4) is 0 Å². The fourth-order valence-electron chi connectivity index (χ4n) is 1.22. The maximum atomic E-state index is 4.81. The maximum absolute atomic E-state index is 4.81. The van der Waals surface area contributed by atoms with Crippen LogP contribution >= 0.6 is 24.4 Å². The van der Waals surface area contributed by atoms with Crippen molar-refractivity contribution in [3.05, 3.63) is 0 Å². The number of hydrogen-bond acceptors (Lipinski definition) is 6. The van der Waals surface area contributed by atoms with Crippen molar-refractivity contribution >= 4 is 58.3 Å². The van der Waals surface area contributed by atoms with Gasteiger partial charge in [0.15, 0.2) is 0 Å². The monoisotopic (exact) mass is 312 g/mol. The third kappa shape index (κ3) is 8.28. The minimum atomic E-state index is 0. The van der Waals surface area contributed by atoms with E-state index in [1.54, 1.807) is 0 Å². The van der Waals surface area contributed by atoms with Crippen molar-refractivity contribution in [3.63, 3.8) is 0 Å². The van der Waals surface area contributed by atoms with Crippen LogP contribution in [0.2, 0.25) is 0 Å². The summed E-state index contributed by atoms with van der Waals surface area (Å²) in [5, 5.41) is 8.10. The molecule has 4 nitrogen and oxygen atoms in total. The summed E-state index contributed by atoms with van der Waals surface area (Å²) in [4.78, 5) is 0. The molecule has 0 aromatic rings. The first-order valence-electron chi connectivity index (χ1n) is 4.02. The second kappa shape index (κ2) is 11.0. The number of hydrogen-bond donors (Lipinski definition) is 3. The van der Waals surface area contributed by atoms with Crippen LogP contribution in [0.15, 0.2) is 0 Å². The van der Waals surface area contributed by atoms with E-state index >= 15 is 0 Å². The molecule has 16 heavy (non-hydrogen) atoms. The second-order valence-corrected chi connectivity index (χ2v) is 4.89. The Kier molecular flexibility index (Phi) is 14.1. The van der Waals surface area contributed by atoms with Crippen molar-refractivity contribution < 1.29 is 59.1 Å². The van der Waals surface area contributed by atoms with Gasteiger partial charge in [0.2, 0.25) is 0 Å². The second-order valence-electron chi connectivity index (χ2n) is 2.74. The average Bonchev–Trinajstić information content (AvgIpc) is 2.06. The Labute approximate surface area is 162 Å². The van der Waals surface area contributed by atoms with Gasteiger partial charge in [-0.25, -0.2) is 5.01 Å². The molecule has 0 radical (unpaired) electrons. The molecule has 1 atom stereocenters. The molecule has 0 amide bonds. The van der Waals surface area contributed by atoms with Gasteiger partial charge in [-0.15, -0.1) is 0 Å². The number of rotatable bonds is 2. The van der Waals surface area contributed by atoms with Gasteiger partial charge in [-0.2, -0.15) is 0 Å². The topological polar surface area (TPSA) is 39.3 Å². The van der Waals surface area contributed by atoms with Crippen LogP contribution in [0.1, 0.15) is 0 Å². The van der Waals surface area contributed by atoms with Crippen molar-refractivity contribution in [1.82, 2.24) is 21.1 Å². The van der Waals surface area contributed by atoms with Crippen LogP contribution < -0.4 is 75.2 Å². The van der Waals surface area contributed by atoms with Gasteiger partial charge in [0, 0.05) is 19.6 Å². The summed E-state index contributed by atoms with van der Waals surface area (Å²) in [6.07, 6.45) is 0.00894. The molecular weight excluding hydrogens is 302 g/mol. The van der Waals surface area contributed by atoms with Crippen LogP contribution in [0, 0.1) is 0 Å². The zero-order valence-corrected chi connectivity index (χ0v) is 16.5. The summed E-state index contributed by atoms with van der Waals surface area (Å²) in [5.74, 6) is 0. The number of nitrogens with one attached hydrogen (secondary N) is 3. The average molecular weight is 312 g/mol. The SMILES string of the molecule is S=C([S-])NC1CNCCN1NC(=S)[S-].[Na+].[Na+]. The van der Waals surface area contributed by atoms with E-state index in [4.69, 9.17) is 49.7 Å². The molecule has 1 saturated heterocycles. The van der Waals surface area contributed by atoms with Crippen molar-refractivity contribution in [2.24, 2.45) is 0 Å².